The molecule has 1 aliphatic heterocycles. The number of likely N-dealkylation sites (tertiary alicyclic amines) is 1. The van der Waals surface area contributed by atoms with Gasteiger partial charge in [-0.3, -0.25) is 4.79 Å². The van der Waals surface area contributed by atoms with Gasteiger partial charge in [0.05, 0.1) is 33.2 Å². The standard InChI is InChI=1S/C21H31NO2.ClH/c1-24-20-11-5-9-18(15-20)19-10-6-13-22(16-19)14-12-21(23)17-7-3-2-4-8-17;/h5,9,11,15,17,19H,2-4,6-8,10,12-14,16H2,1H3;1H. The Hall–Kier alpha value is -1.06. The molecule has 1 aromatic carbocycles. The monoisotopic (exact) mass is 365 g/mol. The van der Waals surface area contributed by atoms with Crippen molar-refractivity contribution in [3.63, 3.8) is 0 Å². The van der Waals surface area contributed by atoms with Crippen molar-refractivity contribution in [1.82, 2.24) is 0 Å². The maximum atomic E-state index is 12.4. The average molecular weight is 366 g/mol. The predicted molar refractivity (Wildman–Crippen MR) is 96.7 cm³/mol. The lowest BCUT2D eigenvalue weighted by atomic mass is 9.85. The van der Waals surface area contributed by atoms with Gasteiger partial charge in [-0.15, -0.1) is 0 Å². The van der Waals surface area contributed by atoms with Crippen LogP contribution in [0.15, 0.2) is 24.3 Å². The molecular formula is C21H32ClNO2. The summed E-state index contributed by atoms with van der Waals surface area (Å²) in [5.74, 6) is 2.46. The smallest absolute Gasteiger partial charge is 0.141 e. The SMILES string of the molecule is COc1cccc(C2CCC[NH+](CCC(=O)C3CCCCC3)C2)c1.[Cl-]. The van der Waals surface area contributed by atoms with E-state index in [1.54, 1.807) is 12.0 Å². The largest absolute Gasteiger partial charge is 1.00 e. The molecule has 3 rings (SSSR count). The minimum Gasteiger partial charge on any atom is -1.00 e. The minimum absolute atomic E-state index is 0. The Morgan fingerprint density at radius 1 is 1.16 bits per heavy atom. The Balaban J connectivity index is 0.00000225. The molecule has 1 N–H and O–H groups in total. The number of Topliss-reactive ketones (excluding diaryl/α,β-unsaturated/α-hetero) is 1. The summed E-state index contributed by atoms with van der Waals surface area (Å²) in [6, 6.07) is 8.51. The molecule has 1 saturated carbocycles. The lowest BCUT2D eigenvalue weighted by Crippen LogP contribution is -3.13. The second-order valence-corrected chi connectivity index (χ2v) is 7.62. The highest BCUT2D eigenvalue weighted by Gasteiger charge is 2.27. The van der Waals surface area contributed by atoms with Crippen molar-refractivity contribution < 1.29 is 26.8 Å². The maximum absolute atomic E-state index is 12.4. The van der Waals surface area contributed by atoms with Gasteiger partial charge in [0.25, 0.3) is 0 Å². The number of quaternary nitrogens is 1. The number of piperidine rings is 1. The number of carbonyl (C=O) groups excluding carboxylic acids is 1. The highest BCUT2D eigenvalue weighted by Crippen LogP contribution is 2.26. The second kappa shape index (κ2) is 10.2. The summed E-state index contributed by atoms with van der Waals surface area (Å²) in [7, 11) is 1.73. The number of rotatable bonds is 6. The van der Waals surface area contributed by atoms with Crippen LogP contribution in [0.1, 0.15) is 62.8 Å². The molecule has 3 nitrogen and oxygen atoms in total. The van der Waals surface area contributed by atoms with Gasteiger partial charge in [0.1, 0.15) is 11.5 Å². The van der Waals surface area contributed by atoms with E-state index in [1.165, 1.54) is 44.2 Å². The molecular weight excluding hydrogens is 334 g/mol. The van der Waals surface area contributed by atoms with Crippen LogP contribution >= 0.6 is 0 Å². The summed E-state index contributed by atoms with van der Waals surface area (Å²) in [6.45, 7) is 3.40. The van der Waals surface area contributed by atoms with Gasteiger partial charge in [-0.25, -0.2) is 0 Å². The van der Waals surface area contributed by atoms with Crippen molar-refractivity contribution in [2.45, 2.75) is 57.3 Å². The number of ether oxygens (including phenoxy) is 1. The third-order valence-electron chi connectivity index (χ3n) is 5.97. The number of hydrogen-bond donors (Lipinski definition) is 1. The van der Waals surface area contributed by atoms with E-state index in [0.717, 1.165) is 38.1 Å². The van der Waals surface area contributed by atoms with Crippen LogP contribution in [-0.4, -0.2) is 32.5 Å². The molecule has 2 atom stereocenters. The highest BCUT2D eigenvalue weighted by atomic mass is 35.5. The van der Waals surface area contributed by atoms with Gasteiger partial charge in [0, 0.05) is 11.8 Å². The van der Waals surface area contributed by atoms with E-state index in [9.17, 15) is 4.79 Å². The predicted octanol–water partition coefficient (Wildman–Crippen LogP) is 0.00100. The summed E-state index contributed by atoms with van der Waals surface area (Å²) in [5.41, 5.74) is 1.39. The summed E-state index contributed by atoms with van der Waals surface area (Å²) in [5, 5.41) is 0. The number of hydrogen-bond acceptors (Lipinski definition) is 2. The van der Waals surface area contributed by atoms with Crippen molar-refractivity contribution in [2.24, 2.45) is 5.92 Å². The van der Waals surface area contributed by atoms with E-state index in [1.807, 2.05) is 6.07 Å². The van der Waals surface area contributed by atoms with E-state index >= 15 is 0 Å². The third kappa shape index (κ3) is 5.72. The van der Waals surface area contributed by atoms with Crippen molar-refractivity contribution >= 4 is 5.78 Å². The fourth-order valence-corrected chi connectivity index (χ4v) is 4.49. The van der Waals surface area contributed by atoms with Crippen molar-refractivity contribution in [2.75, 3.05) is 26.7 Å². The first kappa shape index (κ1) is 20.3. The first-order chi connectivity index (χ1) is 11.8. The molecule has 0 amide bonds. The Bertz CT molecular complexity index is 542. The third-order valence-corrected chi connectivity index (χ3v) is 5.97. The van der Waals surface area contributed by atoms with Gasteiger partial charge in [-0.2, -0.15) is 0 Å². The summed E-state index contributed by atoms with van der Waals surface area (Å²) >= 11 is 0. The average Bonchev–Trinajstić information content (AvgIpc) is 2.67. The van der Waals surface area contributed by atoms with Crippen LogP contribution in [0.3, 0.4) is 0 Å². The normalized spacial score (nSPS) is 24.4. The van der Waals surface area contributed by atoms with E-state index in [4.69, 9.17) is 4.74 Å². The zero-order valence-corrected chi connectivity index (χ0v) is 16.2. The summed E-state index contributed by atoms with van der Waals surface area (Å²) < 4.78 is 5.37. The van der Waals surface area contributed by atoms with Crippen molar-refractivity contribution in [3.05, 3.63) is 29.8 Å². The minimum atomic E-state index is 0. The molecule has 4 heteroatoms. The lowest BCUT2D eigenvalue weighted by Gasteiger charge is -2.30. The van der Waals surface area contributed by atoms with Gasteiger partial charge in [0.15, 0.2) is 0 Å². The maximum Gasteiger partial charge on any atom is 0.141 e. The van der Waals surface area contributed by atoms with Crippen LogP contribution in [0.4, 0.5) is 0 Å². The van der Waals surface area contributed by atoms with Gasteiger partial charge in [-0.1, -0.05) is 31.4 Å². The lowest BCUT2D eigenvalue weighted by molar-refractivity contribution is -0.905. The first-order valence-electron chi connectivity index (χ1n) is 9.76. The summed E-state index contributed by atoms with van der Waals surface area (Å²) in [4.78, 5) is 14.1. The van der Waals surface area contributed by atoms with E-state index in [-0.39, 0.29) is 12.4 Å². The van der Waals surface area contributed by atoms with E-state index in [2.05, 4.69) is 18.2 Å². The second-order valence-electron chi connectivity index (χ2n) is 7.62. The molecule has 0 bridgehead atoms. The van der Waals surface area contributed by atoms with Crippen LogP contribution in [0.2, 0.25) is 0 Å². The molecule has 0 radical (unpaired) electrons. The molecule has 2 fully saturated rings. The molecule has 0 aromatic heterocycles. The number of carbonyl (C=O) groups is 1. The van der Waals surface area contributed by atoms with Gasteiger partial charge < -0.3 is 22.0 Å². The molecule has 2 unspecified atom stereocenters. The molecule has 25 heavy (non-hydrogen) atoms. The summed E-state index contributed by atoms with van der Waals surface area (Å²) in [6.07, 6.45) is 9.41. The van der Waals surface area contributed by atoms with Gasteiger partial charge in [0.2, 0.25) is 0 Å². The highest BCUT2D eigenvalue weighted by molar-refractivity contribution is 5.81. The van der Waals surface area contributed by atoms with Gasteiger partial charge >= 0.3 is 0 Å². The quantitative estimate of drug-likeness (QED) is 0.769. The van der Waals surface area contributed by atoms with Gasteiger partial charge in [-0.05, 0) is 43.4 Å². The molecule has 1 saturated heterocycles. The molecule has 1 aliphatic carbocycles. The fraction of sp³-hybridized carbons (Fsp3) is 0.667. The van der Waals surface area contributed by atoms with Crippen LogP contribution < -0.4 is 22.0 Å². The topological polar surface area (TPSA) is 30.7 Å². The molecule has 0 spiro atoms. The van der Waals surface area contributed by atoms with Crippen molar-refractivity contribution in [1.29, 1.82) is 0 Å². The van der Waals surface area contributed by atoms with E-state index < -0.39 is 0 Å². The van der Waals surface area contributed by atoms with Crippen LogP contribution in [-0.2, 0) is 4.79 Å². The first-order valence-corrected chi connectivity index (χ1v) is 9.76. The molecule has 140 valence electrons. The van der Waals surface area contributed by atoms with Crippen LogP contribution in [0, 0.1) is 5.92 Å². The fourth-order valence-electron chi connectivity index (χ4n) is 4.49. The van der Waals surface area contributed by atoms with E-state index in [0.29, 0.717) is 17.6 Å². The number of halogens is 1. The zero-order valence-electron chi connectivity index (χ0n) is 15.4. The van der Waals surface area contributed by atoms with Crippen LogP contribution in [0.25, 0.3) is 0 Å². The Morgan fingerprint density at radius 3 is 2.72 bits per heavy atom. The zero-order chi connectivity index (χ0) is 16.8. The number of benzene rings is 1. The Labute approximate surface area is 158 Å². The molecule has 1 heterocycles. The Kier molecular flexibility index (Phi) is 8.25. The van der Waals surface area contributed by atoms with Crippen molar-refractivity contribution in [3.8, 4) is 5.75 Å². The molecule has 2 aliphatic rings. The number of ketones is 1. The Morgan fingerprint density at radius 2 is 1.96 bits per heavy atom. The number of nitrogens with one attached hydrogen (secondary N) is 1. The number of methoxy groups -OCH3 is 1. The molecule has 1 aromatic rings. The van der Waals surface area contributed by atoms with Crippen LogP contribution in [0.5, 0.6) is 5.75 Å².